The van der Waals surface area contributed by atoms with Crippen molar-refractivity contribution >= 4 is 42.1 Å². The number of carbonyl (C=O) groups excluding carboxylic acids is 1. The van der Waals surface area contributed by atoms with Crippen LogP contribution in [0.5, 0.6) is 0 Å². The SMILES string of the molecule is Cc1nc(-c2ccccc2)sc1C(=O)NCCCN.Cl.Cl. The summed E-state index contributed by atoms with van der Waals surface area (Å²) in [4.78, 5) is 17.1. The molecule has 21 heavy (non-hydrogen) atoms. The quantitative estimate of drug-likeness (QED) is 0.816. The third-order valence-corrected chi connectivity index (χ3v) is 3.90. The minimum absolute atomic E-state index is 0. The Morgan fingerprint density at radius 2 is 1.95 bits per heavy atom. The van der Waals surface area contributed by atoms with Gasteiger partial charge in [0.25, 0.3) is 5.91 Å². The maximum Gasteiger partial charge on any atom is 0.263 e. The summed E-state index contributed by atoms with van der Waals surface area (Å²) in [6.45, 7) is 3.05. The normalized spacial score (nSPS) is 9.43. The van der Waals surface area contributed by atoms with Crippen molar-refractivity contribution in [2.45, 2.75) is 13.3 Å². The van der Waals surface area contributed by atoms with Crippen molar-refractivity contribution in [2.75, 3.05) is 13.1 Å². The Kier molecular flexibility index (Phi) is 9.21. The van der Waals surface area contributed by atoms with E-state index in [0.717, 1.165) is 22.7 Å². The number of thiazole rings is 1. The predicted molar refractivity (Wildman–Crippen MR) is 92.8 cm³/mol. The molecule has 0 spiro atoms. The Bertz CT molecular complexity index is 561. The number of benzene rings is 1. The van der Waals surface area contributed by atoms with Crippen LogP contribution in [-0.4, -0.2) is 24.0 Å². The standard InChI is InChI=1S/C14H17N3OS.2ClH/c1-10-12(13(18)16-9-5-8-15)19-14(17-10)11-6-3-2-4-7-11;;/h2-4,6-7H,5,8-9,15H2,1H3,(H,16,18);2*1H. The summed E-state index contributed by atoms with van der Waals surface area (Å²) >= 11 is 1.42. The van der Waals surface area contributed by atoms with E-state index in [1.54, 1.807) is 0 Å². The highest BCUT2D eigenvalue weighted by Crippen LogP contribution is 2.27. The number of nitrogens with zero attached hydrogens (tertiary/aromatic N) is 1. The highest BCUT2D eigenvalue weighted by Gasteiger charge is 2.15. The van der Waals surface area contributed by atoms with Gasteiger partial charge in [-0.05, 0) is 19.9 Å². The molecule has 0 aliphatic rings. The molecular formula is C14H19Cl2N3OS. The van der Waals surface area contributed by atoms with E-state index < -0.39 is 0 Å². The number of hydrogen-bond acceptors (Lipinski definition) is 4. The second kappa shape index (κ2) is 9.73. The first-order valence-electron chi connectivity index (χ1n) is 6.23. The zero-order valence-electron chi connectivity index (χ0n) is 11.7. The van der Waals surface area contributed by atoms with Crippen molar-refractivity contribution in [3.8, 4) is 10.6 Å². The van der Waals surface area contributed by atoms with Gasteiger partial charge in [0.1, 0.15) is 9.88 Å². The third-order valence-electron chi connectivity index (χ3n) is 2.69. The van der Waals surface area contributed by atoms with Crippen molar-refractivity contribution in [1.82, 2.24) is 10.3 Å². The lowest BCUT2D eigenvalue weighted by atomic mass is 10.2. The van der Waals surface area contributed by atoms with Crippen molar-refractivity contribution in [1.29, 1.82) is 0 Å². The first kappa shape index (κ1) is 19.9. The van der Waals surface area contributed by atoms with Gasteiger partial charge < -0.3 is 11.1 Å². The molecule has 3 N–H and O–H groups in total. The van der Waals surface area contributed by atoms with Gasteiger partial charge in [-0.2, -0.15) is 0 Å². The van der Waals surface area contributed by atoms with Gasteiger partial charge in [0.15, 0.2) is 0 Å². The molecule has 0 atom stereocenters. The number of hydrogen-bond donors (Lipinski definition) is 2. The molecule has 0 fully saturated rings. The molecule has 0 aliphatic carbocycles. The Labute approximate surface area is 141 Å². The van der Waals surface area contributed by atoms with E-state index in [9.17, 15) is 4.79 Å². The maximum absolute atomic E-state index is 12.0. The van der Waals surface area contributed by atoms with E-state index in [2.05, 4.69) is 10.3 Å². The summed E-state index contributed by atoms with van der Waals surface area (Å²) in [6, 6.07) is 9.88. The molecule has 0 saturated heterocycles. The van der Waals surface area contributed by atoms with Gasteiger partial charge in [0.05, 0.1) is 5.69 Å². The highest BCUT2D eigenvalue weighted by atomic mass is 35.5. The molecule has 4 nitrogen and oxygen atoms in total. The van der Waals surface area contributed by atoms with Crippen LogP contribution in [-0.2, 0) is 0 Å². The topological polar surface area (TPSA) is 68.0 Å². The second-order valence-corrected chi connectivity index (χ2v) is 5.20. The van der Waals surface area contributed by atoms with Crippen LogP contribution in [0.15, 0.2) is 30.3 Å². The first-order valence-corrected chi connectivity index (χ1v) is 7.05. The fraction of sp³-hybridized carbons (Fsp3) is 0.286. The number of aryl methyl sites for hydroxylation is 1. The molecule has 7 heteroatoms. The van der Waals surface area contributed by atoms with Gasteiger partial charge in [-0.3, -0.25) is 4.79 Å². The summed E-state index contributed by atoms with van der Waals surface area (Å²) in [5.74, 6) is -0.0642. The Balaban J connectivity index is 0.00000200. The Morgan fingerprint density at radius 3 is 2.57 bits per heavy atom. The minimum atomic E-state index is -0.0642. The van der Waals surface area contributed by atoms with E-state index in [1.807, 2.05) is 37.3 Å². The van der Waals surface area contributed by atoms with Crippen molar-refractivity contribution < 1.29 is 4.79 Å². The lowest BCUT2D eigenvalue weighted by molar-refractivity contribution is 0.0957. The summed E-state index contributed by atoms with van der Waals surface area (Å²) in [6.07, 6.45) is 0.787. The highest BCUT2D eigenvalue weighted by molar-refractivity contribution is 7.17. The average molecular weight is 348 g/mol. The fourth-order valence-electron chi connectivity index (χ4n) is 1.70. The molecule has 1 aromatic carbocycles. The van der Waals surface area contributed by atoms with Crippen LogP contribution in [0.25, 0.3) is 10.6 Å². The van der Waals surface area contributed by atoms with Gasteiger partial charge in [0.2, 0.25) is 0 Å². The van der Waals surface area contributed by atoms with Gasteiger partial charge in [0, 0.05) is 12.1 Å². The van der Waals surface area contributed by atoms with E-state index in [1.165, 1.54) is 11.3 Å². The summed E-state index contributed by atoms with van der Waals surface area (Å²) in [7, 11) is 0. The number of aromatic nitrogens is 1. The summed E-state index contributed by atoms with van der Waals surface area (Å²) in [5, 5.41) is 3.73. The summed E-state index contributed by atoms with van der Waals surface area (Å²) < 4.78 is 0. The molecular weight excluding hydrogens is 329 g/mol. The maximum atomic E-state index is 12.0. The number of nitrogens with two attached hydrogens (primary N) is 1. The molecule has 0 unspecified atom stereocenters. The molecule has 1 heterocycles. The van der Waals surface area contributed by atoms with Crippen LogP contribution in [0.2, 0.25) is 0 Å². The van der Waals surface area contributed by atoms with Gasteiger partial charge in [-0.1, -0.05) is 30.3 Å². The first-order chi connectivity index (χ1) is 9.22. The third kappa shape index (κ3) is 5.28. The largest absolute Gasteiger partial charge is 0.351 e. The fourth-order valence-corrected chi connectivity index (χ4v) is 2.68. The van der Waals surface area contributed by atoms with Crippen LogP contribution in [0.1, 0.15) is 21.8 Å². The number of halogens is 2. The molecule has 1 aromatic heterocycles. The average Bonchev–Trinajstić information content (AvgIpc) is 2.82. The molecule has 0 saturated carbocycles. The van der Waals surface area contributed by atoms with E-state index in [-0.39, 0.29) is 30.7 Å². The summed E-state index contributed by atoms with van der Waals surface area (Å²) in [5.41, 5.74) is 7.21. The van der Waals surface area contributed by atoms with E-state index >= 15 is 0 Å². The molecule has 2 rings (SSSR count). The lowest BCUT2D eigenvalue weighted by Gasteiger charge is -2.01. The molecule has 0 aliphatic heterocycles. The molecule has 1 amide bonds. The van der Waals surface area contributed by atoms with Gasteiger partial charge in [-0.25, -0.2) is 4.98 Å². The van der Waals surface area contributed by atoms with Gasteiger partial charge in [-0.15, -0.1) is 36.2 Å². The van der Waals surface area contributed by atoms with Gasteiger partial charge >= 0.3 is 0 Å². The Hall–Kier alpha value is -1.14. The van der Waals surface area contributed by atoms with E-state index in [4.69, 9.17) is 5.73 Å². The zero-order valence-corrected chi connectivity index (χ0v) is 14.1. The van der Waals surface area contributed by atoms with Crippen LogP contribution in [0.4, 0.5) is 0 Å². The van der Waals surface area contributed by atoms with Crippen LogP contribution in [0, 0.1) is 6.92 Å². The number of nitrogens with one attached hydrogen (secondary N) is 1. The van der Waals surface area contributed by atoms with Crippen LogP contribution in [0.3, 0.4) is 0 Å². The van der Waals surface area contributed by atoms with Crippen LogP contribution >= 0.6 is 36.2 Å². The molecule has 116 valence electrons. The van der Waals surface area contributed by atoms with Crippen molar-refractivity contribution in [2.24, 2.45) is 5.73 Å². The minimum Gasteiger partial charge on any atom is -0.351 e. The molecule has 2 aromatic rings. The number of carbonyl (C=O) groups is 1. The van der Waals surface area contributed by atoms with Crippen molar-refractivity contribution in [3.05, 3.63) is 40.9 Å². The van der Waals surface area contributed by atoms with Crippen LogP contribution < -0.4 is 11.1 Å². The second-order valence-electron chi connectivity index (χ2n) is 4.20. The van der Waals surface area contributed by atoms with E-state index in [0.29, 0.717) is 18.0 Å². The smallest absolute Gasteiger partial charge is 0.263 e. The van der Waals surface area contributed by atoms with Crippen molar-refractivity contribution in [3.63, 3.8) is 0 Å². The predicted octanol–water partition coefficient (Wildman–Crippen LogP) is 3.04. The lowest BCUT2D eigenvalue weighted by Crippen LogP contribution is -2.25. The molecule has 0 bridgehead atoms. The number of amides is 1. The monoisotopic (exact) mass is 347 g/mol. The molecule has 0 radical (unpaired) electrons. The number of rotatable bonds is 5. The Morgan fingerprint density at radius 1 is 1.29 bits per heavy atom. The zero-order chi connectivity index (χ0) is 13.7.